The molecule has 4 rings (SSSR count). The van der Waals surface area contributed by atoms with Gasteiger partial charge in [0.1, 0.15) is 5.82 Å². The van der Waals surface area contributed by atoms with E-state index in [2.05, 4.69) is 20.1 Å². The van der Waals surface area contributed by atoms with Gasteiger partial charge in [-0.05, 0) is 62.6 Å². The Hall–Kier alpha value is -2.15. The number of hydrogen-bond acceptors (Lipinski definition) is 5. The zero-order valence-corrected chi connectivity index (χ0v) is 17.2. The molecular weight excluding hydrogens is 388 g/mol. The van der Waals surface area contributed by atoms with Crippen LogP contribution in [0.15, 0.2) is 42.6 Å². The number of nitrogens with zero attached hydrogens (tertiary/aromatic N) is 3. The molecule has 2 aliphatic rings. The third-order valence-electron chi connectivity index (χ3n) is 5.92. The fraction of sp³-hybridized carbons (Fsp3) is 0.455. The number of anilines is 2. The van der Waals surface area contributed by atoms with Crippen LogP contribution in [0.1, 0.15) is 36.0 Å². The normalized spacial score (nSPS) is 22.2. The van der Waals surface area contributed by atoms with Crippen LogP contribution >= 0.6 is 11.6 Å². The fourth-order valence-electron chi connectivity index (χ4n) is 4.40. The molecule has 2 fully saturated rings. The van der Waals surface area contributed by atoms with Gasteiger partial charge in [-0.2, -0.15) is 0 Å². The Morgan fingerprint density at radius 2 is 2.00 bits per heavy atom. The highest BCUT2D eigenvalue weighted by Gasteiger charge is 2.31. The van der Waals surface area contributed by atoms with Crippen LogP contribution in [0.5, 0.6) is 0 Å². The van der Waals surface area contributed by atoms with Crippen LogP contribution in [0.25, 0.3) is 0 Å². The molecule has 2 saturated heterocycles. The first-order valence-corrected chi connectivity index (χ1v) is 10.7. The van der Waals surface area contributed by atoms with Crippen molar-refractivity contribution in [2.24, 2.45) is 0 Å². The van der Waals surface area contributed by atoms with Crippen LogP contribution in [0.3, 0.4) is 0 Å². The molecule has 0 bridgehead atoms. The van der Waals surface area contributed by atoms with Gasteiger partial charge in [0.05, 0.1) is 12.2 Å². The van der Waals surface area contributed by atoms with E-state index in [1.807, 2.05) is 12.1 Å². The third-order valence-corrected chi connectivity index (χ3v) is 6.15. The first kappa shape index (κ1) is 20.1. The van der Waals surface area contributed by atoms with Gasteiger partial charge in [-0.1, -0.05) is 17.7 Å². The van der Waals surface area contributed by atoms with Crippen molar-refractivity contribution >= 4 is 29.0 Å². The van der Waals surface area contributed by atoms with Crippen molar-refractivity contribution in [3.05, 3.63) is 53.2 Å². The van der Waals surface area contributed by atoms with Gasteiger partial charge in [0.25, 0.3) is 5.91 Å². The topological polar surface area (TPSA) is 68.7 Å². The number of hydrogen-bond donors (Lipinski definition) is 2. The number of aliphatic hydroxyl groups is 1. The van der Waals surface area contributed by atoms with Crippen molar-refractivity contribution in [1.29, 1.82) is 0 Å². The van der Waals surface area contributed by atoms with Gasteiger partial charge in [0.2, 0.25) is 0 Å². The summed E-state index contributed by atoms with van der Waals surface area (Å²) in [6, 6.07) is 11.5. The number of carbonyl (C=O) groups excluding carboxylic acids is 1. The molecule has 29 heavy (non-hydrogen) atoms. The van der Waals surface area contributed by atoms with E-state index in [9.17, 15) is 9.90 Å². The summed E-state index contributed by atoms with van der Waals surface area (Å²) in [7, 11) is 0. The Balaban J connectivity index is 1.40. The summed E-state index contributed by atoms with van der Waals surface area (Å²) in [6.45, 7) is 3.24. The number of rotatable bonds is 6. The molecule has 2 atom stereocenters. The number of carbonyl (C=O) groups is 1. The minimum absolute atomic E-state index is 0.202. The molecule has 2 N–H and O–H groups in total. The summed E-state index contributed by atoms with van der Waals surface area (Å²) in [5.41, 5.74) is 1.18. The number of aromatic nitrogens is 1. The predicted octanol–water partition coefficient (Wildman–Crippen LogP) is 3.41. The molecule has 7 heteroatoms. The number of halogens is 1. The average Bonchev–Trinajstić information content (AvgIpc) is 3.37. The standard InChI is InChI=1S/C22H27ClN4O2/c23-17-4-1-5-18(12-17)25-22(29)16-8-9-21(24-13-16)27-11-3-6-19(27)14-26-10-2-7-20(26)15-28/h1,4-5,8-9,12-13,19-20,28H,2-3,6-7,10-11,14-15H2,(H,25,29). The number of amides is 1. The Morgan fingerprint density at radius 3 is 2.76 bits per heavy atom. The van der Waals surface area contributed by atoms with Gasteiger partial charge in [0, 0.05) is 42.1 Å². The van der Waals surface area contributed by atoms with Crippen LogP contribution < -0.4 is 10.2 Å². The molecule has 6 nitrogen and oxygen atoms in total. The van der Waals surface area contributed by atoms with Gasteiger partial charge in [0.15, 0.2) is 0 Å². The lowest BCUT2D eigenvalue weighted by Gasteiger charge is -2.32. The van der Waals surface area contributed by atoms with E-state index >= 15 is 0 Å². The molecule has 2 aromatic rings. The highest BCUT2D eigenvalue weighted by molar-refractivity contribution is 6.30. The van der Waals surface area contributed by atoms with Crippen molar-refractivity contribution in [1.82, 2.24) is 9.88 Å². The Labute approximate surface area is 176 Å². The largest absolute Gasteiger partial charge is 0.395 e. The third kappa shape index (κ3) is 4.71. The van der Waals surface area contributed by atoms with Crippen molar-refractivity contribution in [2.75, 3.05) is 36.5 Å². The van der Waals surface area contributed by atoms with Crippen molar-refractivity contribution in [3.8, 4) is 0 Å². The van der Waals surface area contributed by atoms with Crippen molar-refractivity contribution in [3.63, 3.8) is 0 Å². The first-order chi connectivity index (χ1) is 14.1. The van der Waals surface area contributed by atoms with E-state index in [0.717, 1.165) is 51.1 Å². The summed E-state index contributed by atoms with van der Waals surface area (Å²) < 4.78 is 0. The smallest absolute Gasteiger partial charge is 0.257 e. The Kier molecular flexibility index (Phi) is 6.33. The molecule has 154 valence electrons. The second-order valence-electron chi connectivity index (χ2n) is 7.83. The molecular formula is C22H27ClN4O2. The maximum absolute atomic E-state index is 12.5. The molecule has 1 amide bonds. The minimum atomic E-state index is -0.202. The zero-order valence-electron chi connectivity index (χ0n) is 16.4. The van der Waals surface area contributed by atoms with E-state index in [1.165, 1.54) is 0 Å². The average molecular weight is 415 g/mol. The molecule has 0 aliphatic carbocycles. The molecule has 3 heterocycles. The highest BCUT2D eigenvalue weighted by atomic mass is 35.5. The minimum Gasteiger partial charge on any atom is -0.395 e. The SMILES string of the molecule is O=C(Nc1cccc(Cl)c1)c1ccc(N2CCCC2CN2CCCC2CO)nc1. The number of benzene rings is 1. The monoisotopic (exact) mass is 414 g/mol. The fourth-order valence-corrected chi connectivity index (χ4v) is 4.59. The zero-order chi connectivity index (χ0) is 20.2. The van der Waals surface area contributed by atoms with Gasteiger partial charge in [-0.3, -0.25) is 9.69 Å². The summed E-state index contributed by atoms with van der Waals surface area (Å²) in [4.78, 5) is 21.8. The number of likely N-dealkylation sites (tertiary alicyclic amines) is 1. The molecule has 0 spiro atoms. The number of nitrogens with one attached hydrogen (secondary N) is 1. The summed E-state index contributed by atoms with van der Waals surface area (Å²) in [5, 5.41) is 13.0. The summed E-state index contributed by atoms with van der Waals surface area (Å²) >= 11 is 5.97. The number of pyridine rings is 1. The van der Waals surface area contributed by atoms with E-state index in [-0.39, 0.29) is 12.5 Å². The van der Waals surface area contributed by atoms with Crippen molar-refractivity contribution in [2.45, 2.75) is 37.8 Å². The maximum atomic E-state index is 12.5. The highest BCUT2D eigenvalue weighted by Crippen LogP contribution is 2.27. The second-order valence-corrected chi connectivity index (χ2v) is 8.27. The molecule has 2 unspecified atom stereocenters. The molecule has 0 radical (unpaired) electrons. The quantitative estimate of drug-likeness (QED) is 0.758. The van der Waals surface area contributed by atoms with Crippen LogP contribution in [0, 0.1) is 0 Å². The second kappa shape index (κ2) is 9.11. The first-order valence-electron chi connectivity index (χ1n) is 10.3. The summed E-state index contributed by atoms with van der Waals surface area (Å²) in [6.07, 6.45) is 6.15. The number of aliphatic hydroxyl groups excluding tert-OH is 1. The molecule has 2 aliphatic heterocycles. The maximum Gasteiger partial charge on any atom is 0.257 e. The van der Waals surface area contributed by atoms with E-state index in [1.54, 1.807) is 30.5 Å². The van der Waals surface area contributed by atoms with E-state index in [4.69, 9.17) is 11.6 Å². The lowest BCUT2D eigenvalue weighted by atomic mass is 10.1. The predicted molar refractivity (Wildman–Crippen MR) is 116 cm³/mol. The van der Waals surface area contributed by atoms with Gasteiger partial charge < -0.3 is 15.3 Å². The lowest BCUT2D eigenvalue weighted by Crippen LogP contribution is -2.43. The van der Waals surface area contributed by atoms with Crippen molar-refractivity contribution < 1.29 is 9.90 Å². The lowest BCUT2D eigenvalue weighted by molar-refractivity contribution is 0.102. The Bertz CT molecular complexity index is 845. The molecule has 0 saturated carbocycles. The molecule has 1 aromatic heterocycles. The van der Waals surface area contributed by atoms with Gasteiger partial charge in [-0.15, -0.1) is 0 Å². The summed E-state index contributed by atoms with van der Waals surface area (Å²) in [5.74, 6) is 0.707. The van der Waals surface area contributed by atoms with Gasteiger partial charge >= 0.3 is 0 Å². The van der Waals surface area contributed by atoms with Crippen LogP contribution in [-0.4, -0.2) is 59.2 Å². The Morgan fingerprint density at radius 1 is 1.17 bits per heavy atom. The van der Waals surface area contributed by atoms with Crippen LogP contribution in [-0.2, 0) is 0 Å². The van der Waals surface area contributed by atoms with Crippen LogP contribution in [0.4, 0.5) is 11.5 Å². The van der Waals surface area contributed by atoms with E-state index < -0.39 is 0 Å². The van der Waals surface area contributed by atoms with Gasteiger partial charge in [-0.25, -0.2) is 4.98 Å². The molecule has 1 aromatic carbocycles. The van der Waals surface area contributed by atoms with Crippen LogP contribution in [0.2, 0.25) is 5.02 Å². The van der Waals surface area contributed by atoms with E-state index in [0.29, 0.717) is 28.4 Å².